The molecule has 1 aliphatic rings. The third-order valence-electron chi connectivity index (χ3n) is 4.19. The van der Waals surface area contributed by atoms with Crippen LogP contribution in [0.3, 0.4) is 0 Å². The van der Waals surface area contributed by atoms with E-state index >= 15 is 0 Å². The van der Waals surface area contributed by atoms with Gasteiger partial charge in [-0.2, -0.15) is 0 Å². The first kappa shape index (κ1) is 13.8. The van der Waals surface area contributed by atoms with E-state index in [1.165, 1.54) is 35.8 Å². The fourth-order valence-electron chi connectivity index (χ4n) is 2.95. The van der Waals surface area contributed by atoms with Gasteiger partial charge in [-0.3, -0.25) is 0 Å². The summed E-state index contributed by atoms with van der Waals surface area (Å²) < 4.78 is 13.4. The van der Waals surface area contributed by atoms with Crippen molar-refractivity contribution in [2.75, 3.05) is 7.05 Å². The van der Waals surface area contributed by atoms with Crippen LogP contribution in [0.25, 0.3) is 0 Å². The summed E-state index contributed by atoms with van der Waals surface area (Å²) in [5, 5.41) is 3.39. The summed E-state index contributed by atoms with van der Waals surface area (Å²) in [5.74, 6) is -0.144. The van der Waals surface area contributed by atoms with Gasteiger partial charge in [-0.25, -0.2) is 4.39 Å². The zero-order valence-electron chi connectivity index (χ0n) is 12.0. The van der Waals surface area contributed by atoms with Crippen LogP contribution in [0.1, 0.15) is 38.9 Å². The summed E-state index contributed by atoms with van der Waals surface area (Å²) in [6, 6.07) is 7.70. The summed E-state index contributed by atoms with van der Waals surface area (Å²) in [6.45, 7) is 2.05. The number of thiophene rings is 1. The average Bonchev–Trinajstić information content (AvgIpc) is 3.00. The molecule has 1 nitrogen and oxygen atoms in total. The van der Waals surface area contributed by atoms with E-state index in [1.54, 1.807) is 10.9 Å². The zero-order valence-corrected chi connectivity index (χ0v) is 12.8. The van der Waals surface area contributed by atoms with E-state index in [4.69, 9.17) is 0 Å². The van der Waals surface area contributed by atoms with Crippen LogP contribution in [-0.2, 0) is 19.3 Å². The number of nitrogens with one attached hydrogen (secondary N) is 1. The molecule has 2 aromatic rings. The maximum absolute atomic E-state index is 13.4. The molecule has 1 atom stereocenters. The van der Waals surface area contributed by atoms with Crippen molar-refractivity contribution >= 4 is 11.3 Å². The number of rotatable bonds is 4. The van der Waals surface area contributed by atoms with Crippen LogP contribution in [0.4, 0.5) is 4.39 Å². The maximum atomic E-state index is 13.4. The molecule has 1 unspecified atom stereocenters. The van der Waals surface area contributed by atoms with Gasteiger partial charge in [-0.1, -0.05) is 6.07 Å². The van der Waals surface area contributed by atoms with Gasteiger partial charge >= 0.3 is 0 Å². The van der Waals surface area contributed by atoms with Crippen LogP contribution in [0.15, 0.2) is 24.3 Å². The molecule has 3 rings (SSSR count). The molecular formula is C17H20FNS. The lowest BCUT2D eigenvalue weighted by molar-refractivity contribution is 0.590. The van der Waals surface area contributed by atoms with E-state index in [0.29, 0.717) is 0 Å². The molecule has 0 fully saturated rings. The van der Waals surface area contributed by atoms with E-state index in [2.05, 4.69) is 18.3 Å². The lowest BCUT2D eigenvalue weighted by atomic mass is 9.99. The maximum Gasteiger partial charge on any atom is 0.123 e. The molecular weight excluding hydrogens is 269 g/mol. The highest BCUT2D eigenvalue weighted by Gasteiger charge is 2.20. The normalized spacial score (nSPS) is 15.3. The number of hydrogen-bond donors (Lipinski definition) is 1. The van der Waals surface area contributed by atoms with Gasteiger partial charge in [-0.05, 0) is 74.5 Å². The van der Waals surface area contributed by atoms with Crippen LogP contribution in [0.5, 0.6) is 0 Å². The van der Waals surface area contributed by atoms with Gasteiger partial charge < -0.3 is 5.32 Å². The minimum absolute atomic E-state index is 0.144. The van der Waals surface area contributed by atoms with Gasteiger partial charge in [0.1, 0.15) is 5.82 Å². The molecule has 1 aromatic heterocycles. The number of halogens is 1. The SMILES string of the molecule is CNC(Cc1cc(F)ccc1C)c1cc2c(s1)CCC2. The summed E-state index contributed by atoms with van der Waals surface area (Å²) in [4.78, 5) is 2.94. The third kappa shape index (κ3) is 2.65. The molecule has 0 radical (unpaired) electrons. The molecule has 0 aliphatic heterocycles. The van der Waals surface area contributed by atoms with E-state index in [0.717, 1.165) is 17.5 Å². The van der Waals surface area contributed by atoms with Crippen LogP contribution < -0.4 is 5.32 Å². The Bertz CT molecular complexity index is 596. The highest BCUT2D eigenvalue weighted by atomic mass is 32.1. The van der Waals surface area contributed by atoms with E-state index in [9.17, 15) is 4.39 Å². The number of benzene rings is 1. The first-order valence-corrected chi connectivity index (χ1v) is 8.03. The van der Waals surface area contributed by atoms with Crippen molar-refractivity contribution in [3.63, 3.8) is 0 Å². The Balaban J connectivity index is 1.84. The van der Waals surface area contributed by atoms with Crippen molar-refractivity contribution in [2.24, 2.45) is 0 Å². The van der Waals surface area contributed by atoms with Crippen molar-refractivity contribution in [3.05, 3.63) is 56.5 Å². The summed E-state index contributed by atoms with van der Waals surface area (Å²) in [5.41, 5.74) is 3.79. The van der Waals surface area contributed by atoms with E-state index < -0.39 is 0 Å². The fraction of sp³-hybridized carbons (Fsp3) is 0.412. The standard InChI is InChI=1S/C17H20FNS/c1-11-6-7-14(18)8-13(11)9-15(19-2)17-10-12-4-3-5-16(12)20-17/h6-8,10,15,19H,3-5,9H2,1-2H3. The first-order valence-electron chi connectivity index (χ1n) is 7.21. The van der Waals surface area contributed by atoms with Crippen LogP contribution >= 0.6 is 11.3 Å². The Hall–Kier alpha value is -1.19. The van der Waals surface area contributed by atoms with Gasteiger partial charge in [0, 0.05) is 15.8 Å². The first-order chi connectivity index (χ1) is 9.67. The van der Waals surface area contributed by atoms with Gasteiger partial charge in [0.15, 0.2) is 0 Å². The van der Waals surface area contributed by atoms with Crippen molar-refractivity contribution in [2.45, 2.75) is 38.6 Å². The van der Waals surface area contributed by atoms with Crippen molar-refractivity contribution in [1.29, 1.82) is 0 Å². The second-order valence-electron chi connectivity index (χ2n) is 5.57. The molecule has 1 heterocycles. The third-order valence-corrected chi connectivity index (χ3v) is 5.54. The smallest absolute Gasteiger partial charge is 0.123 e. The minimum atomic E-state index is -0.144. The Morgan fingerprint density at radius 1 is 1.30 bits per heavy atom. The van der Waals surface area contributed by atoms with Crippen molar-refractivity contribution in [1.82, 2.24) is 5.32 Å². The largest absolute Gasteiger partial charge is 0.312 e. The van der Waals surface area contributed by atoms with Crippen molar-refractivity contribution < 1.29 is 4.39 Å². The molecule has 20 heavy (non-hydrogen) atoms. The Labute approximate surface area is 123 Å². The quantitative estimate of drug-likeness (QED) is 0.890. The Morgan fingerprint density at radius 2 is 2.15 bits per heavy atom. The lowest BCUT2D eigenvalue weighted by Gasteiger charge is -2.16. The average molecular weight is 289 g/mol. The van der Waals surface area contributed by atoms with Crippen LogP contribution in [0, 0.1) is 12.7 Å². The summed E-state index contributed by atoms with van der Waals surface area (Å²) in [7, 11) is 1.99. The van der Waals surface area contributed by atoms with Gasteiger partial charge in [0.25, 0.3) is 0 Å². The van der Waals surface area contributed by atoms with E-state index in [-0.39, 0.29) is 11.9 Å². The molecule has 3 heteroatoms. The number of likely N-dealkylation sites (N-methyl/N-ethyl adjacent to an activating group) is 1. The summed E-state index contributed by atoms with van der Waals surface area (Å²) >= 11 is 1.93. The van der Waals surface area contributed by atoms with Crippen LogP contribution in [0.2, 0.25) is 0 Å². The highest BCUT2D eigenvalue weighted by Crippen LogP contribution is 2.35. The highest BCUT2D eigenvalue weighted by molar-refractivity contribution is 7.12. The van der Waals surface area contributed by atoms with E-state index in [1.807, 2.05) is 24.5 Å². The number of hydrogen-bond acceptors (Lipinski definition) is 2. The Kier molecular flexibility index (Phi) is 3.90. The topological polar surface area (TPSA) is 12.0 Å². The zero-order chi connectivity index (χ0) is 14.1. The lowest BCUT2D eigenvalue weighted by Crippen LogP contribution is -2.18. The number of aryl methyl sites for hydroxylation is 3. The predicted octanol–water partition coefficient (Wildman–Crippen LogP) is 4.19. The van der Waals surface area contributed by atoms with Gasteiger partial charge in [0.05, 0.1) is 0 Å². The molecule has 0 spiro atoms. The number of fused-ring (bicyclic) bond motifs is 1. The monoisotopic (exact) mass is 289 g/mol. The summed E-state index contributed by atoms with van der Waals surface area (Å²) in [6.07, 6.45) is 4.60. The molecule has 1 aromatic carbocycles. The van der Waals surface area contributed by atoms with Gasteiger partial charge in [0.2, 0.25) is 0 Å². The van der Waals surface area contributed by atoms with Crippen molar-refractivity contribution in [3.8, 4) is 0 Å². The van der Waals surface area contributed by atoms with Gasteiger partial charge in [-0.15, -0.1) is 11.3 Å². The molecule has 106 valence electrons. The molecule has 0 saturated carbocycles. The molecule has 0 amide bonds. The van der Waals surface area contributed by atoms with Crippen LogP contribution in [-0.4, -0.2) is 7.05 Å². The molecule has 0 saturated heterocycles. The molecule has 1 N–H and O–H groups in total. The second kappa shape index (κ2) is 5.66. The minimum Gasteiger partial charge on any atom is -0.312 e. The predicted molar refractivity (Wildman–Crippen MR) is 83.0 cm³/mol. The molecule has 1 aliphatic carbocycles. The Morgan fingerprint density at radius 3 is 2.90 bits per heavy atom. The second-order valence-corrected chi connectivity index (χ2v) is 6.74. The fourth-order valence-corrected chi connectivity index (χ4v) is 4.32. The molecule has 0 bridgehead atoms.